The molecule has 0 aromatic carbocycles. The Morgan fingerprint density at radius 1 is 1.17 bits per heavy atom. The topological polar surface area (TPSA) is 80.9 Å². The van der Waals surface area contributed by atoms with Crippen molar-refractivity contribution >= 4 is 17.2 Å². The number of nitrogens with zero attached hydrogens (tertiary/aromatic N) is 2. The maximum atomic E-state index is 11.7. The standard InChI is InChI=1S/C18H18N4OS/c19-18(23)17(15-4-7-24-12-15)22-11-14-3-6-21-10-16(14)8-13-2-1-5-20-9-13/h1-7,9-10,12,17,22H,8,11H2,(H2,19,23). The van der Waals surface area contributed by atoms with Crippen LogP contribution >= 0.6 is 11.3 Å². The number of carbonyl (C=O) groups is 1. The van der Waals surface area contributed by atoms with Crippen LogP contribution < -0.4 is 11.1 Å². The Bertz CT molecular complexity index is 790. The van der Waals surface area contributed by atoms with Gasteiger partial charge in [0.25, 0.3) is 0 Å². The molecule has 122 valence electrons. The van der Waals surface area contributed by atoms with Crippen molar-refractivity contribution in [3.05, 3.63) is 82.1 Å². The fourth-order valence-electron chi connectivity index (χ4n) is 2.54. The summed E-state index contributed by atoms with van der Waals surface area (Å²) in [5.41, 5.74) is 9.75. The number of carbonyl (C=O) groups excluding carboxylic acids is 1. The van der Waals surface area contributed by atoms with Gasteiger partial charge < -0.3 is 5.73 Å². The number of hydrogen-bond donors (Lipinski definition) is 2. The highest BCUT2D eigenvalue weighted by atomic mass is 32.1. The summed E-state index contributed by atoms with van der Waals surface area (Å²) in [5.74, 6) is -0.378. The minimum atomic E-state index is -0.490. The van der Waals surface area contributed by atoms with Gasteiger partial charge in [-0.2, -0.15) is 11.3 Å². The van der Waals surface area contributed by atoms with Gasteiger partial charge in [-0.25, -0.2) is 0 Å². The Kier molecular flexibility index (Phi) is 5.30. The molecule has 0 saturated carbocycles. The van der Waals surface area contributed by atoms with Crippen LogP contribution in [0.4, 0.5) is 0 Å². The lowest BCUT2D eigenvalue weighted by Gasteiger charge is -2.16. The van der Waals surface area contributed by atoms with E-state index in [1.54, 1.807) is 23.7 Å². The highest BCUT2D eigenvalue weighted by molar-refractivity contribution is 7.08. The molecule has 3 rings (SSSR count). The van der Waals surface area contributed by atoms with Crippen molar-refractivity contribution in [3.63, 3.8) is 0 Å². The first kappa shape index (κ1) is 16.3. The van der Waals surface area contributed by atoms with E-state index in [4.69, 9.17) is 5.73 Å². The van der Waals surface area contributed by atoms with E-state index < -0.39 is 6.04 Å². The van der Waals surface area contributed by atoms with Crippen LogP contribution in [0.1, 0.15) is 28.3 Å². The molecule has 0 bridgehead atoms. The molecule has 0 spiro atoms. The lowest BCUT2D eigenvalue weighted by Crippen LogP contribution is -2.33. The van der Waals surface area contributed by atoms with Crippen molar-refractivity contribution in [2.45, 2.75) is 19.0 Å². The second kappa shape index (κ2) is 7.81. The second-order valence-electron chi connectivity index (χ2n) is 5.46. The van der Waals surface area contributed by atoms with Gasteiger partial charge >= 0.3 is 0 Å². The van der Waals surface area contributed by atoms with Gasteiger partial charge in [-0.1, -0.05) is 6.07 Å². The van der Waals surface area contributed by atoms with Crippen molar-refractivity contribution in [2.24, 2.45) is 5.73 Å². The maximum Gasteiger partial charge on any atom is 0.239 e. The molecular formula is C18H18N4OS. The Morgan fingerprint density at radius 2 is 2.04 bits per heavy atom. The van der Waals surface area contributed by atoms with Crippen molar-refractivity contribution in [3.8, 4) is 0 Å². The predicted octanol–water partition coefficient (Wildman–Crippen LogP) is 2.45. The summed E-state index contributed by atoms with van der Waals surface area (Å²) in [6, 6.07) is 7.34. The van der Waals surface area contributed by atoms with Crippen LogP contribution in [0.2, 0.25) is 0 Å². The van der Waals surface area contributed by atoms with Gasteiger partial charge in [0.15, 0.2) is 0 Å². The zero-order chi connectivity index (χ0) is 16.8. The summed E-state index contributed by atoms with van der Waals surface area (Å²) >= 11 is 1.55. The van der Waals surface area contributed by atoms with Gasteiger partial charge in [-0.3, -0.25) is 20.1 Å². The SMILES string of the molecule is NC(=O)C(NCc1ccncc1Cc1cccnc1)c1ccsc1. The molecule has 0 aliphatic carbocycles. The predicted molar refractivity (Wildman–Crippen MR) is 94.4 cm³/mol. The first-order valence-corrected chi connectivity index (χ1v) is 8.54. The average molecular weight is 338 g/mol. The maximum absolute atomic E-state index is 11.7. The number of primary amides is 1. The fourth-order valence-corrected chi connectivity index (χ4v) is 3.23. The Labute approximate surface area is 144 Å². The van der Waals surface area contributed by atoms with E-state index in [0.29, 0.717) is 6.54 Å². The van der Waals surface area contributed by atoms with Gasteiger partial charge in [0.2, 0.25) is 5.91 Å². The summed E-state index contributed by atoms with van der Waals surface area (Å²) in [7, 11) is 0. The van der Waals surface area contributed by atoms with Crippen LogP contribution in [0.5, 0.6) is 0 Å². The van der Waals surface area contributed by atoms with E-state index in [9.17, 15) is 4.79 Å². The highest BCUT2D eigenvalue weighted by Gasteiger charge is 2.18. The average Bonchev–Trinajstić information content (AvgIpc) is 3.11. The monoisotopic (exact) mass is 338 g/mol. The molecule has 24 heavy (non-hydrogen) atoms. The number of aromatic nitrogens is 2. The second-order valence-corrected chi connectivity index (χ2v) is 6.24. The molecule has 0 saturated heterocycles. The quantitative estimate of drug-likeness (QED) is 0.693. The third-order valence-electron chi connectivity index (χ3n) is 3.78. The van der Waals surface area contributed by atoms with Gasteiger partial charge in [0.05, 0.1) is 0 Å². The zero-order valence-electron chi connectivity index (χ0n) is 13.1. The molecule has 0 aliphatic heterocycles. The van der Waals surface area contributed by atoms with Crippen molar-refractivity contribution in [2.75, 3.05) is 0 Å². The highest BCUT2D eigenvalue weighted by Crippen LogP contribution is 2.18. The van der Waals surface area contributed by atoms with Gasteiger partial charge in [0.1, 0.15) is 6.04 Å². The lowest BCUT2D eigenvalue weighted by atomic mass is 10.0. The van der Waals surface area contributed by atoms with E-state index in [2.05, 4.69) is 15.3 Å². The first-order chi connectivity index (χ1) is 11.7. The minimum absolute atomic E-state index is 0.378. The van der Waals surface area contributed by atoms with E-state index in [-0.39, 0.29) is 5.91 Å². The van der Waals surface area contributed by atoms with Crippen LogP contribution in [-0.4, -0.2) is 15.9 Å². The third kappa shape index (κ3) is 4.04. The van der Waals surface area contributed by atoms with Crippen molar-refractivity contribution in [1.82, 2.24) is 15.3 Å². The first-order valence-electron chi connectivity index (χ1n) is 7.59. The van der Waals surface area contributed by atoms with Crippen molar-refractivity contribution < 1.29 is 4.79 Å². The normalized spacial score (nSPS) is 12.0. The molecule has 1 unspecified atom stereocenters. The molecule has 0 aliphatic rings. The number of nitrogens with two attached hydrogens (primary N) is 1. The van der Waals surface area contributed by atoms with Crippen LogP contribution in [0.15, 0.2) is 59.8 Å². The van der Waals surface area contributed by atoms with E-state index in [0.717, 1.165) is 28.7 Å². The number of hydrogen-bond acceptors (Lipinski definition) is 5. The van der Waals surface area contributed by atoms with Gasteiger partial charge in [-0.15, -0.1) is 0 Å². The zero-order valence-corrected chi connectivity index (χ0v) is 13.9. The molecule has 3 aromatic heterocycles. The number of rotatable bonds is 7. The summed E-state index contributed by atoms with van der Waals surface area (Å²) in [5, 5.41) is 7.13. The Hall–Kier alpha value is -2.57. The minimum Gasteiger partial charge on any atom is -0.368 e. The molecule has 3 N–H and O–H groups in total. The molecule has 0 radical (unpaired) electrons. The van der Waals surface area contributed by atoms with E-state index >= 15 is 0 Å². The smallest absolute Gasteiger partial charge is 0.239 e. The van der Waals surface area contributed by atoms with Gasteiger partial charge in [-0.05, 0) is 51.2 Å². The molecule has 6 heteroatoms. The summed E-state index contributed by atoms with van der Waals surface area (Å²) < 4.78 is 0. The summed E-state index contributed by atoms with van der Waals surface area (Å²) in [6.45, 7) is 0.543. The van der Waals surface area contributed by atoms with Crippen LogP contribution in [-0.2, 0) is 17.8 Å². The summed E-state index contributed by atoms with van der Waals surface area (Å²) in [6.07, 6.45) is 7.97. The van der Waals surface area contributed by atoms with E-state index in [1.165, 1.54) is 0 Å². The lowest BCUT2D eigenvalue weighted by molar-refractivity contribution is -0.120. The molecule has 5 nitrogen and oxygen atoms in total. The number of pyridine rings is 2. The number of amides is 1. The van der Waals surface area contributed by atoms with Crippen LogP contribution in [0.25, 0.3) is 0 Å². The number of nitrogens with one attached hydrogen (secondary N) is 1. The largest absolute Gasteiger partial charge is 0.368 e. The molecule has 1 atom stereocenters. The third-order valence-corrected chi connectivity index (χ3v) is 4.48. The van der Waals surface area contributed by atoms with Gasteiger partial charge in [0, 0.05) is 37.8 Å². The van der Waals surface area contributed by atoms with Crippen LogP contribution in [0.3, 0.4) is 0 Å². The molecule has 1 amide bonds. The number of thiophene rings is 1. The summed E-state index contributed by atoms with van der Waals surface area (Å²) in [4.78, 5) is 20.1. The molecule has 3 heterocycles. The molecule has 0 fully saturated rings. The fraction of sp³-hybridized carbons (Fsp3) is 0.167. The Morgan fingerprint density at radius 3 is 2.75 bits per heavy atom. The van der Waals surface area contributed by atoms with E-state index in [1.807, 2.05) is 47.4 Å². The Balaban J connectivity index is 1.74. The van der Waals surface area contributed by atoms with Crippen molar-refractivity contribution in [1.29, 1.82) is 0 Å². The van der Waals surface area contributed by atoms with Crippen LogP contribution in [0, 0.1) is 0 Å². The molecule has 3 aromatic rings. The molecular weight excluding hydrogens is 320 g/mol.